The van der Waals surface area contributed by atoms with Crippen molar-refractivity contribution in [1.82, 2.24) is 24.5 Å². The molecule has 0 radical (unpaired) electrons. The maximum atomic E-state index is 10.3. The van der Waals surface area contributed by atoms with Crippen LogP contribution in [0.2, 0.25) is 5.02 Å². The Balaban J connectivity index is 1.38. The van der Waals surface area contributed by atoms with Crippen LogP contribution in [0, 0.1) is 0 Å². The molecule has 9 heteroatoms. The fourth-order valence-corrected chi connectivity index (χ4v) is 5.00. The first-order chi connectivity index (χ1) is 15.1. The number of likely N-dealkylation sites (tertiary alicyclic amines) is 1. The number of benzene rings is 1. The van der Waals surface area contributed by atoms with Crippen LogP contribution in [-0.2, 0) is 16.1 Å². The second-order valence-electron chi connectivity index (χ2n) is 8.67. The summed E-state index contributed by atoms with van der Waals surface area (Å²) in [6.45, 7) is 6.96. The van der Waals surface area contributed by atoms with Gasteiger partial charge in [0.25, 0.3) is 0 Å². The van der Waals surface area contributed by atoms with Crippen LogP contribution in [0.5, 0.6) is 0 Å². The third-order valence-electron chi connectivity index (χ3n) is 6.58. The molecule has 4 heterocycles. The van der Waals surface area contributed by atoms with Gasteiger partial charge in [-0.2, -0.15) is 10.2 Å². The summed E-state index contributed by atoms with van der Waals surface area (Å²) in [6, 6.07) is 4.21. The normalized spacial score (nSPS) is 19.3. The molecule has 5 rings (SSSR count). The maximum absolute atomic E-state index is 10.3. The number of carbonyl (C=O) groups excluding carboxylic acids is 1. The molecule has 0 aliphatic carbocycles. The van der Waals surface area contributed by atoms with Crippen LogP contribution in [0.1, 0.15) is 31.2 Å². The van der Waals surface area contributed by atoms with E-state index in [1.54, 1.807) is 17.0 Å². The van der Waals surface area contributed by atoms with Gasteiger partial charge in [0.1, 0.15) is 5.69 Å². The molecule has 0 bridgehead atoms. The molecule has 0 amide bonds. The first-order valence-electron chi connectivity index (χ1n) is 10.6. The first kappa shape index (κ1) is 20.4. The van der Waals surface area contributed by atoms with Crippen LogP contribution in [-0.4, -0.2) is 68.9 Å². The minimum atomic E-state index is 0.203. The fourth-order valence-electron chi connectivity index (χ4n) is 4.67. The van der Waals surface area contributed by atoms with E-state index in [9.17, 15) is 4.79 Å². The summed E-state index contributed by atoms with van der Waals surface area (Å²) >= 11 is 6.70. The summed E-state index contributed by atoms with van der Waals surface area (Å²) in [5.74, 6) is 0.435. The predicted octanol–water partition coefficient (Wildman–Crippen LogP) is 3.18. The number of ether oxygens (including phenoxy) is 1. The lowest BCUT2D eigenvalue weighted by molar-refractivity contribution is -0.136. The molecule has 0 atom stereocenters. The highest BCUT2D eigenvalue weighted by Crippen LogP contribution is 2.38. The molecule has 2 aliphatic heterocycles. The van der Waals surface area contributed by atoms with E-state index in [0.29, 0.717) is 19.0 Å². The molecule has 2 saturated heterocycles. The van der Waals surface area contributed by atoms with E-state index in [-0.39, 0.29) is 5.54 Å². The van der Waals surface area contributed by atoms with Gasteiger partial charge in [-0.25, -0.2) is 14.5 Å². The quantitative estimate of drug-likeness (QED) is 0.434. The lowest BCUT2D eigenvalue weighted by Crippen LogP contribution is -2.61. The Hall–Kier alpha value is -2.51. The number of halogens is 1. The fraction of sp³-hybridized carbons (Fsp3) is 0.500. The van der Waals surface area contributed by atoms with E-state index in [2.05, 4.69) is 33.1 Å². The van der Waals surface area contributed by atoms with Crippen molar-refractivity contribution in [2.24, 2.45) is 4.99 Å². The van der Waals surface area contributed by atoms with E-state index in [1.807, 2.05) is 23.1 Å². The Morgan fingerprint density at radius 2 is 2.06 bits per heavy atom. The zero-order valence-corrected chi connectivity index (χ0v) is 18.3. The smallest absolute Gasteiger partial charge is 0.235 e. The number of aliphatic imine (C=N–C) groups is 1. The van der Waals surface area contributed by atoms with E-state index in [0.717, 1.165) is 60.8 Å². The van der Waals surface area contributed by atoms with Crippen molar-refractivity contribution in [1.29, 1.82) is 0 Å². The summed E-state index contributed by atoms with van der Waals surface area (Å²) in [4.78, 5) is 16.4. The number of rotatable bonds is 6. The minimum absolute atomic E-state index is 0.203. The van der Waals surface area contributed by atoms with Crippen molar-refractivity contribution in [3.05, 3.63) is 41.3 Å². The molecule has 162 valence electrons. The monoisotopic (exact) mass is 440 g/mol. The topological polar surface area (TPSA) is 77.5 Å². The third kappa shape index (κ3) is 3.81. The number of fused-ring (bicyclic) bond motifs is 1. The van der Waals surface area contributed by atoms with E-state index in [1.165, 1.54) is 5.56 Å². The molecule has 2 aliphatic rings. The minimum Gasteiger partial charge on any atom is -0.377 e. The average Bonchev–Trinajstić information content (AvgIpc) is 3.38. The average molecular weight is 441 g/mol. The second kappa shape index (κ2) is 8.20. The molecular formula is C22H25ClN6O2. The lowest BCUT2D eigenvalue weighted by atomic mass is 9.86. The summed E-state index contributed by atoms with van der Waals surface area (Å²) in [5, 5.41) is 10.7. The van der Waals surface area contributed by atoms with Crippen molar-refractivity contribution in [2.45, 2.75) is 37.8 Å². The van der Waals surface area contributed by atoms with Crippen molar-refractivity contribution in [3.8, 4) is 5.69 Å². The van der Waals surface area contributed by atoms with Gasteiger partial charge in [-0.1, -0.05) is 11.6 Å². The first-order valence-corrected chi connectivity index (χ1v) is 11.0. The molecule has 0 spiro atoms. The summed E-state index contributed by atoms with van der Waals surface area (Å²) in [5.41, 5.74) is 3.28. The molecule has 2 fully saturated rings. The van der Waals surface area contributed by atoms with Crippen LogP contribution in [0.15, 0.2) is 35.7 Å². The molecule has 2 aromatic heterocycles. The summed E-state index contributed by atoms with van der Waals surface area (Å²) in [6.07, 6.45) is 9.23. The maximum Gasteiger partial charge on any atom is 0.235 e. The second-order valence-corrected chi connectivity index (χ2v) is 9.08. The Morgan fingerprint density at radius 1 is 1.26 bits per heavy atom. The van der Waals surface area contributed by atoms with Gasteiger partial charge in [0.2, 0.25) is 6.08 Å². The zero-order valence-electron chi connectivity index (χ0n) is 17.5. The number of piperidine rings is 1. The van der Waals surface area contributed by atoms with Gasteiger partial charge in [-0.15, -0.1) is 0 Å². The van der Waals surface area contributed by atoms with Gasteiger partial charge < -0.3 is 4.74 Å². The Kier molecular flexibility index (Phi) is 5.40. The molecule has 31 heavy (non-hydrogen) atoms. The summed E-state index contributed by atoms with van der Waals surface area (Å²) in [7, 11) is 0. The molecule has 0 N–H and O–H groups in total. The molecule has 0 saturated carbocycles. The Labute approximate surface area is 185 Å². The highest BCUT2D eigenvalue weighted by molar-refractivity contribution is 6.32. The van der Waals surface area contributed by atoms with Gasteiger partial charge in [-0.05, 0) is 56.5 Å². The van der Waals surface area contributed by atoms with Crippen molar-refractivity contribution >= 4 is 28.6 Å². The third-order valence-corrected chi connectivity index (χ3v) is 6.91. The highest BCUT2D eigenvalue weighted by Gasteiger charge is 2.41. The number of hydrogen-bond acceptors (Lipinski definition) is 6. The van der Waals surface area contributed by atoms with Crippen LogP contribution < -0.4 is 0 Å². The van der Waals surface area contributed by atoms with E-state index in [4.69, 9.17) is 16.3 Å². The Bertz CT molecular complexity index is 1140. The standard InChI is InChI=1S/C22H25ClN6O2/c1-22(13-31-14-22)27-5-2-16(3-6-27)19-9-21-17(8-20(19)23)10-26-29(21)18-11-25-28(12-18)7-4-24-15-30/h8-12,16H,2-7,13-14H2,1H3. The molecule has 8 nitrogen and oxygen atoms in total. The number of nitrogens with zero attached hydrogens (tertiary/aromatic N) is 6. The van der Waals surface area contributed by atoms with Crippen LogP contribution in [0.4, 0.5) is 0 Å². The largest absolute Gasteiger partial charge is 0.377 e. The van der Waals surface area contributed by atoms with Gasteiger partial charge in [0.15, 0.2) is 0 Å². The number of hydrogen-bond donors (Lipinski definition) is 0. The van der Waals surface area contributed by atoms with E-state index < -0.39 is 0 Å². The molecule has 1 aromatic carbocycles. The van der Waals surface area contributed by atoms with E-state index >= 15 is 0 Å². The van der Waals surface area contributed by atoms with Gasteiger partial charge >= 0.3 is 0 Å². The number of isocyanates is 1. The SMILES string of the molecule is CC1(N2CCC(c3cc4c(cnn4-c4cnn(CCN=C=O)c4)cc3Cl)CC2)COC1. The lowest BCUT2D eigenvalue weighted by Gasteiger charge is -2.50. The molecule has 0 unspecified atom stereocenters. The molecule has 3 aromatic rings. The van der Waals surface area contributed by atoms with Crippen LogP contribution in [0.25, 0.3) is 16.6 Å². The predicted molar refractivity (Wildman–Crippen MR) is 118 cm³/mol. The van der Waals surface area contributed by atoms with Crippen molar-refractivity contribution in [2.75, 3.05) is 32.8 Å². The van der Waals surface area contributed by atoms with Crippen molar-refractivity contribution < 1.29 is 9.53 Å². The van der Waals surface area contributed by atoms with Crippen LogP contribution >= 0.6 is 11.6 Å². The van der Waals surface area contributed by atoms with Crippen molar-refractivity contribution in [3.63, 3.8) is 0 Å². The van der Waals surface area contributed by atoms with Gasteiger partial charge in [-0.3, -0.25) is 9.58 Å². The van der Waals surface area contributed by atoms with Crippen LogP contribution in [0.3, 0.4) is 0 Å². The zero-order chi connectivity index (χ0) is 21.4. The Morgan fingerprint density at radius 3 is 2.77 bits per heavy atom. The summed E-state index contributed by atoms with van der Waals surface area (Å²) < 4.78 is 9.09. The molecular weight excluding hydrogens is 416 g/mol. The highest BCUT2D eigenvalue weighted by atomic mass is 35.5. The number of aromatic nitrogens is 4. The van der Waals surface area contributed by atoms with Gasteiger partial charge in [0, 0.05) is 10.4 Å². The van der Waals surface area contributed by atoms with Gasteiger partial charge in [0.05, 0.1) is 55.9 Å².